The Bertz CT molecular complexity index is 1730. The van der Waals surface area contributed by atoms with Crippen LogP contribution in [0.5, 0.6) is 0 Å². The molecule has 4 aromatic rings. The Morgan fingerprint density at radius 2 is 1.57 bits per heavy atom. The first-order chi connectivity index (χ1) is 24.7. The number of nitrogens with zero attached hydrogens (tertiary/aromatic N) is 1. The maximum Gasteiger partial charge on any atom is 0.328 e. The number of anilines is 1. The fourth-order valence-electron chi connectivity index (χ4n) is 6.71. The highest BCUT2D eigenvalue weighted by Gasteiger charge is 2.37. The fourth-order valence-corrected chi connectivity index (χ4v) is 6.84. The first kappa shape index (κ1) is 36.5. The third kappa shape index (κ3) is 9.53. The summed E-state index contributed by atoms with van der Waals surface area (Å²) in [6.45, 7) is 2.06. The van der Waals surface area contributed by atoms with E-state index in [0.717, 1.165) is 27.8 Å². The number of aliphatic hydroxyl groups excluding tert-OH is 1. The van der Waals surface area contributed by atoms with E-state index in [0.29, 0.717) is 56.0 Å². The van der Waals surface area contributed by atoms with Gasteiger partial charge in [0, 0.05) is 48.7 Å². The summed E-state index contributed by atoms with van der Waals surface area (Å²) in [7, 11) is 1.29. The lowest BCUT2D eigenvalue weighted by molar-refractivity contribution is -0.253. The topological polar surface area (TPSA) is 130 Å². The molecule has 2 aliphatic rings. The lowest BCUT2D eigenvalue weighted by Gasteiger charge is -2.42. The molecule has 2 amide bonds. The fraction of sp³-hybridized carbons (Fsp3) is 0.350. The van der Waals surface area contributed by atoms with E-state index in [4.69, 9.17) is 25.8 Å². The van der Waals surface area contributed by atoms with Gasteiger partial charge in [-0.1, -0.05) is 90.5 Å². The molecule has 4 atom stereocenters. The molecule has 10 nitrogen and oxygen atoms in total. The Morgan fingerprint density at radius 1 is 0.902 bits per heavy atom. The molecular formula is C40H44ClN3O7. The van der Waals surface area contributed by atoms with Gasteiger partial charge >= 0.3 is 12.0 Å². The summed E-state index contributed by atoms with van der Waals surface area (Å²) in [6.07, 6.45) is 1.06. The molecule has 2 saturated heterocycles. The van der Waals surface area contributed by atoms with Crippen molar-refractivity contribution in [2.24, 2.45) is 0 Å². The normalized spacial score (nSPS) is 21.0. The molecule has 0 unspecified atom stereocenters. The van der Waals surface area contributed by atoms with E-state index in [-0.39, 0.29) is 18.8 Å². The van der Waals surface area contributed by atoms with Gasteiger partial charge in [0.25, 0.3) is 0 Å². The zero-order valence-corrected chi connectivity index (χ0v) is 29.3. The van der Waals surface area contributed by atoms with E-state index < -0.39 is 29.9 Å². The van der Waals surface area contributed by atoms with Gasteiger partial charge in [-0.3, -0.25) is 0 Å². The second-order valence-electron chi connectivity index (χ2n) is 13.2. The summed E-state index contributed by atoms with van der Waals surface area (Å²) < 4.78 is 18.0. The summed E-state index contributed by atoms with van der Waals surface area (Å²) in [6, 6.07) is 30.4. The van der Waals surface area contributed by atoms with Gasteiger partial charge in [0.1, 0.15) is 6.04 Å². The van der Waals surface area contributed by atoms with E-state index in [9.17, 15) is 19.8 Å². The molecule has 4 N–H and O–H groups in total. The minimum atomic E-state index is -0.897. The van der Waals surface area contributed by atoms with Crippen molar-refractivity contribution in [1.29, 1.82) is 0 Å². The van der Waals surface area contributed by atoms with Crippen molar-refractivity contribution in [2.75, 3.05) is 32.1 Å². The number of rotatable bonds is 11. The largest absolute Gasteiger partial charge is 0.467 e. The Kier molecular flexibility index (Phi) is 12.0. The number of likely N-dealkylation sites (tertiary alicyclic amines) is 1. The van der Waals surface area contributed by atoms with Gasteiger partial charge in [-0.2, -0.15) is 0 Å². The smallest absolute Gasteiger partial charge is 0.328 e. The Morgan fingerprint density at radius 3 is 2.22 bits per heavy atom. The van der Waals surface area contributed by atoms with Gasteiger partial charge in [-0.05, 0) is 59.4 Å². The third-order valence-corrected chi connectivity index (χ3v) is 9.91. The van der Waals surface area contributed by atoms with Crippen LogP contribution >= 0.6 is 11.6 Å². The van der Waals surface area contributed by atoms with Crippen LogP contribution in [0, 0.1) is 0 Å². The molecule has 0 aromatic heterocycles. The number of halogens is 1. The number of ether oxygens (including phenoxy) is 3. The van der Waals surface area contributed by atoms with Crippen molar-refractivity contribution >= 4 is 29.3 Å². The Balaban J connectivity index is 1.11. The van der Waals surface area contributed by atoms with E-state index >= 15 is 0 Å². The second kappa shape index (κ2) is 16.8. The van der Waals surface area contributed by atoms with E-state index in [2.05, 4.69) is 15.5 Å². The van der Waals surface area contributed by atoms with Gasteiger partial charge in [0.05, 0.1) is 31.5 Å². The van der Waals surface area contributed by atoms with Crippen molar-refractivity contribution in [1.82, 2.24) is 10.2 Å². The van der Waals surface area contributed by atoms with Crippen molar-refractivity contribution in [3.8, 4) is 0 Å². The number of benzene rings is 4. The molecule has 268 valence electrons. The Hall–Kier alpha value is -4.29. The van der Waals surface area contributed by atoms with Crippen LogP contribution in [0.25, 0.3) is 0 Å². The predicted molar refractivity (Wildman–Crippen MR) is 194 cm³/mol. The molecule has 0 bridgehead atoms. The highest BCUT2D eigenvalue weighted by atomic mass is 35.5. The zero-order valence-electron chi connectivity index (χ0n) is 28.5. The summed E-state index contributed by atoms with van der Waals surface area (Å²) >= 11 is 6.08. The Labute approximate surface area is 303 Å². The van der Waals surface area contributed by atoms with Crippen LogP contribution in [-0.4, -0.2) is 66.0 Å². The first-order valence-electron chi connectivity index (χ1n) is 17.2. The molecule has 2 fully saturated rings. The van der Waals surface area contributed by atoms with Crippen LogP contribution in [0.3, 0.4) is 0 Å². The molecular weight excluding hydrogens is 670 g/mol. The number of amides is 2. The number of nitrogens with one attached hydrogen (secondary N) is 2. The number of aliphatic hydroxyl groups is 2. The molecule has 0 spiro atoms. The monoisotopic (exact) mass is 713 g/mol. The quantitative estimate of drug-likeness (QED) is 0.134. The maximum absolute atomic E-state index is 12.9. The second-order valence-corrected chi connectivity index (χ2v) is 13.6. The van der Waals surface area contributed by atoms with Crippen molar-refractivity contribution in [3.05, 3.63) is 136 Å². The highest BCUT2D eigenvalue weighted by molar-refractivity contribution is 6.30. The summed E-state index contributed by atoms with van der Waals surface area (Å²) in [4.78, 5) is 27.7. The van der Waals surface area contributed by atoms with Gasteiger partial charge in [-0.25, -0.2) is 9.59 Å². The van der Waals surface area contributed by atoms with Crippen LogP contribution in [0.15, 0.2) is 103 Å². The predicted octanol–water partition coefficient (Wildman–Crippen LogP) is 6.27. The highest BCUT2D eigenvalue weighted by Crippen LogP contribution is 2.39. The van der Waals surface area contributed by atoms with Crippen molar-refractivity contribution in [2.45, 2.75) is 62.4 Å². The van der Waals surface area contributed by atoms with Crippen LogP contribution in [0.1, 0.15) is 59.5 Å². The number of hydrogen-bond donors (Lipinski definition) is 4. The molecule has 2 aliphatic heterocycles. The van der Waals surface area contributed by atoms with E-state index in [1.165, 1.54) is 7.11 Å². The average molecular weight is 714 g/mol. The van der Waals surface area contributed by atoms with E-state index in [1.54, 1.807) is 12.1 Å². The third-order valence-electron chi connectivity index (χ3n) is 9.66. The number of carbonyl (C=O) groups excluding carboxylic acids is 2. The standard InChI is InChI=1S/C40H44ClN3O7/c1-49-37(46)35(23-27-5-3-2-4-6-27)43-39(47)42-33-17-11-30(12-18-33)38-50-34(24-36(51-38)29-9-7-28(26-45)8-10-29)25-44-21-19-40(48,20-22-44)31-13-15-32(41)16-14-31/h2-18,34-36,38,45,48H,19-26H2,1H3,(H2,42,43,47)/t34-,35+,36+,38+/m1/s1. The molecule has 51 heavy (non-hydrogen) atoms. The number of esters is 1. The molecule has 11 heteroatoms. The van der Waals surface area contributed by atoms with Crippen molar-refractivity contribution < 1.29 is 34.0 Å². The summed E-state index contributed by atoms with van der Waals surface area (Å²) in [5, 5.41) is 27.1. The lowest BCUT2D eigenvalue weighted by Crippen LogP contribution is -2.46. The van der Waals surface area contributed by atoms with E-state index in [1.807, 2.05) is 91.0 Å². The first-order valence-corrected chi connectivity index (χ1v) is 17.6. The summed E-state index contributed by atoms with van der Waals surface area (Å²) in [5.41, 5.74) is 4.01. The molecule has 6 rings (SSSR count). The maximum atomic E-state index is 12.9. The number of hydrogen-bond acceptors (Lipinski definition) is 8. The van der Waals surface area contributed by atoms with Gasteiger partial charge in [-0.15, -0.1) is 0 Å². The number of carbonyl (C=O) groups is 2. The number of urea groups is 1. The summed E-state index contributed by atoms with van der Waals surface area (Å²) in [5.74, 6) is -0.534. The van der Waals surface area contributed by atoms with Gasteiger partial charge in [0.2, 0.25) is 0 Å². The number of methoxy groups -OCH3 is 1. The van der Waals surface area contributed by atoms with Crippen LogP contribution in [-0.2, 0) is 37.6 Å². The molecule has 2 heterocycles. The number of piperidine rings is 1. The van der Waals surface area contributed by atoms with Crippen LogP contribution < -0.4 is 10.6 Å². The van der Waals surface area contributed by atoms with Crippen LogP contribution in [0.4, 0.5) is 10.5 Å². The molecule has 4 aromatic carbocycles. The SMILES string of the molecule is COC(=O)[C@H](Cc1ccccc1)NC(=O)Nc1ccc([C@H]2O[C@@H](CN3CCC(O)(c4ccc(Cl)cc4)CC3)C[C@@H](c3ccc(CO)cc3)O2)cc1. The molecule has 0 saturated carbocycles. The molecule has 0 radical (unpaired) electrons. The minimum Gasteiger partial charge on any atom is -0.467 e. The zero-order chi connectivity index (χ0) is 35.8. The van der Waals surface area contributed by atoms with Crippen LogP contribution in [0.2, 0.25) is 5.02 Å². The van der Waals surface area contributed by atoms with Crippen molar-refractivity contribution in [3.63, 3.8) is 0 Å². The minimum absolute atomic E-state index is 0.0354. The van der Waals surface area contributed by atoms with Gasteiger partial charge in [0.15, 0.2) is 6.29 Å². The average Bonchev–Trinajstić information content (AvgIpc) is 3.16. The lowest BCUT2D eigenvalue weighted by atomic mass is 9.84. The van der Waals surface area contributed by atoms with Gasteiger partial charge < -0.3 is 40.0 Å². The molecule has 0 aliphatic carbocycles.